The third-order valence-corrected chi connectivity index (χ3v) is 3.38. The SMILES string of the molecule is O=[N+]([O-])CC(CCc1ccccc1)C(Cl)(Cl)Cl. The Hall–Kier alpha value is -0.510. The van der Waals surface area contributed by atoms with Crippen molar-refractivity contribution in [1.82, 2.24) is 0 Å². The summed E-state index contributed by atoms with van der Waals surface area (Å²) in [6.07, 6.45) is 1.13. The van der Waals surface area contributed by atoms with Crippen molar-refractivity contribution in [2.24, 2.45) is 5.92 Å². The van der Waals surface area contributed by atoms with E-state index >= 15 is 0 Å². The molecule has 0 aliphatic carbocycles. The smallest absolute Gasteiger partial charge is 0.210 e. The lowest BCUT2D eigenvalue weighted by Crippen LogP contribution is -2.27. The third-order valence-electron chi connectivity index (χ3n) is 2.46. The van der Waals surface area contributed by atoms with Gasteiger partial charge in [-0.05, 0) is 18.4 Å². The standard InChI is InChI=1S/C11H12Cl3NO2/c12-11(13,14)10(8-15(16)17)7-6-9-4-2-1-3-5-9/h1-5,10H,6-8H2. The van der Waals surface area contributed by atoms with Gasteiger partial charge in [0.1, 0.15) is 0 Å². The van der Waals surface area contributed by atoms with Crippen LogP contribution in [0.25, 0.3) is 0 Å². The monoisotopic (exact) mass is 295 g/mol. The number of nitro groups is 1. The Kier molecular flexibility index (Phi) is 5.50. The molecule has 0 aliphatic heterocycles. The number of hydrogen-bond acceptors (Lipinski definition) is 2. The highest BCUT2D eigenvalue weighted by Crippen LogP contribution is 2.37. The Balaban J connectivity index is 2.59. The first-order valence-corrected chi connectivity index (χ1v) is 6.25. The second-order valence-corrected chi connectivity index (χ2v) is 6.15. The fourth-order valence-corrected chi connectivity index (χ4v) is 2.06. The fraction of sp³-hybridized carbons (Fsp3) is 0.455. The predicted octanol–water partition coefficient (Wildman–Crippen LogP) is 3.88. The summed E-state index contributed by atoms with van der Waals surface area (Å²) in [6.45, 7) is -0.330. The minimum absolute atomic E-state index is 0.330. The van der Waals surface area contributed by atoms with Gasteiger partial charge in [-0.15, -0.1) is 0 Å². The molecule has 1 unspecified atom stereocenters. The van der Waals surface area contributed by atoms with Crippen LogP contribution in [0, 0.1) is 16.0 Å². The average Bonchev–Trinajstić information content (AvgIpc) is 2.23. The third kappa shape index (κ3) is 5.57. The zero-order valence-electron chi connectivity index (χ0n) is 8.98. The molecule has 0 fully saturated rings. The van der Waals surface area contributed by atoms with E-state index in [1.807, 2.05) is 30.3 Å². The maximum atomic E-state index is 10.5. The van der Waals surface area contributed by atoms with Crippen molar-refractivity contribution in [3.63, 3.8) is 0 Å². The van der Waals surface area contributed by atoms with E-state index in [2.05, 4.69) is 0 Å². The molecular weight excluding hydrogens is 284 g/mol. The topological polar surface area (TPSA) is 43.1 Å². The number of alkyl halides is 3. The van der Waals surface area contributed by atoms with Gasteiger partial charge in [0.2, 0.25) is 6.54 Å². The number of halogens is 3. The lowest BCUT2D eigenvalue weighted by Gasteiger charge is -2.20. The fourth-order valence-electron chi connectivity index (χ4n) is 1.52. The van der Waals surface area contributed by atoms with Gasteiger partial charge in [0, 0.05) is 4.92 Å². The normalized spacial score (nSPS) is 13.4. The lowest BCUT2D eigenvalue weighted by molar-refractivity contribution is -0.488. The number of hydrogen-bond donors (Lipinski definition) is 0. The summed E-state index contributed by atoms with van der Waals surface area (Å²) in [5, 5.41) is 10.5. The summed E-state index contributed by atoms with van der Waals surface area (Å²) in [6, 6.07) is 9.62. The molecule has 6 heteroatoms. The molecule has 1 atom stereocenters. The van der Waals surface area contributed by atoms with E-state index in [0.717, 1.165) is 5.56 Å². The minimum Gasteiger partial charge on any atom is -0.265 e. The van der Waals surface area contributed by atoms with Crippen LogP contribution in [-0.4, -0.2) is 15.3 Å². The van der Waals surface area contributed by atoms with Crippen molar-refractivity contribution in [3.05, 3.63) is 46.0 Å². The second kappa shape index (κ2) is 6.43. The van der Waals surface area contributed by atoms with Gasteiger partial charge in [-0.2, -0.15) is 0 Å². The highest BCUT2D eigenvalue weighted by Gasteiger charge is 2.35. The number of rotatable bonds is 5. The molecule has 3 nitrogen and oxygen atoms in total. The number of benzene rings is 1. The molecule has 0 bridgehead atoms. The highest BCUT2D eigenvalue weighted by atomic mass is 35.6. The Morgan fingerprint density at radius 2 is 1.82 bits per heavy atom. The van der Waals surface area contributed by atoms with Crippen LogP contribution >= 0.6 is 34.8 Å². The van der Waals surface area contributed by atoms with Gasteiger partial charge in [0.05, 0.1) is 5.92 Å². The molecule has 1 aromatic carbocycles. The van der Waals surface area contributed by atoms with Crippen LogP contribution in [0.2, 0.25) is 0 Å². The number of aryl methyl sites for hydroxylation is 1. The summed E-state index contributed by atoms with van der Waals surface area (Å²) in [5.74, 6) is -0.581. The molecule has 0 amide bonds. The van der Waals surface area contributed by atoms with E-state index in [1.54, 1.807) is 0 Å². The quantitative estimate of drug-likeness (QED) is 0.470. The van der Waals surface area contributed by atoms with Crippen LogP contribution in [0.15, 0.2) is 30.3 Å². The van der Waals surface area contributed by atoms with Crippen LogP contribution in [0.5, 0.6) is 0 Å². The van der Waals surface area contributed by atoms with Gasteiger partial charge in [-0.3, -0.25) is 10.1 Å². The van der Waals surface area contributed by atoms with E-state index in [0.29, 0.717) is 12.8 Å². The van der Waals surface area contributed by atoms with Crippen LogP contribution in [-0.2, 0) is 6.42 Å². The van der Waals surface area contributed by atoms with Gasteiger partial charge >= 0.3 is 0 Å². The van der Waals surface area contributed by atoms with Gasteiger partial charge in [-0.1, -0.05) is 65.1 Å². The second-order valence-electron chi connectivity index (χ2n) is 3.78. The first kappa shape index (κ1) is 14.6. The van der Waals surface area contributed by atoms with Gasteiger partial charge in [-0.25, -0.2) is 0 Å². The van der Waals surface area contributed by atoms with Crippen molar-refractivity contribution in [3.8, 4) is 0 Å². The average molecular weight is 297 g/mol. The molecule has 1 aromatic rings. The van der Waals surface area contributed by atoms with Crippen LogP contribution in [0.4, 0.5) is 0 Å². The van der Waals surface area contributed by atoms with E-state index in [4.69, 9.17) is 34.8 Å². The zero-order chi connectivity index (χ0) is 12.9. The zero-order valence-corrected chi connectivity index (χ0v) is 11.3. The minimum atomic E-state index is -1.60. The molecule has 0 radical (unpaired) electrons. The molecule has 0 aliphatic rings. The van der Waals surface area contributed by atoms with Crippen molar-refractivity contribution >= 4 is 34.8 Å². The number of nitrogens with zero attached hydrogens (tertiary/aromatic N) is 1. The Labute approximate surface area is 115 Å². The van der Waals surface area contributed by atoms with Crippen molar-refractivity contribution in [1.29, 1.82) is 0 Å². The van der Waals surface area contributed by atoms with E-state index in [9.17, 15) is 10.1 Å². The molecule has 17 heavy (non-hydrogen) atoms. The molecule has 0 saturated heterocycles. The van der Waals surface area contributed by atoms with Crippen molar-refractivity contribution in [2.45, 2.75) is 16.6 Å². The summed E-state index contributed by atoms with van der Waals surface area (Å²) < 4.78 is -1.60. The van der Waals surface area contributed by atoms with E-state index < -0.39 is 14.6 Å². The van der Waals surface area contributed by atoms with Gasteiger partial charge in [0.15, 0.2) is 3.79 Å². The summed E-state index contributed by atoms with van der Waals surface area (Å²) in [7, 11) is 0. The van der Waals surface area contributed by atoms with Gasteiger partial charge in [0.25, 0.3) is 0 Å². The molecule has 94 valence electrons. The van der Waals surface area contributed by atoms with Gasteiger partial charge < -0.3 is 0 Å². The molecular formula is C11H12Cl3NO2. The van der Waals surface area contributed by atoms with Crippen LogP contribution < -0.4 is 0 Å². The summed E-state index contributed by atoms with van der Waals surface area (Å²) in [5.41, 5.74) is 1.08. The molecule has 0 spiro atoms. The molecule has 0 aromatic heterocycles. The van der Waals surface area contributed by atoms with Crippen molar-refractivity contribution in [2.75, 3.05) is 6.54 Å². The first-order valence-electron chi connectivity index (χ1n) is 5.12. The Morgan fingerprint density at radius 1 is 1.24 bits per heavy atom. The maximum Gasteiger partial charge on any atom is 0.210 e. The molecule has 0 heterocycles. The lowest BCUT2D eigenvalue weighted by atomic mass is 10.0. The highest BCUT2D eigenvalue weighted by molar-refractivity contribution is 6.67. The first-order chi connectivity index (χ1) is 7.89. The van der Waals surface area contributed by atoms with Crippen molar-refractivity contribution < 1.29 is 4.92 Å². The van der Waals surface area contributed by atoms with E-state index in [-0.39, 0.29) is 6.54 Å². The summed E-state index contributed by atoms with van der Waals surface area (Å²) in [4.78, 5) is 10.1. The molecule has 1 rings (SSSR count). The Bertz CT molecular complexity index is 365. The molecule has 0 saturated carbocycles. The van der Waals surface area contributed by atoms with Crippen LogP contribution in [0.3, 0.4) is 0 Å². The Morgan fingerprint density at radius 3 is 2.29 bits per heavy atom. The van der Waals surface area contributed by atoms with E-state index in [1.165, 1.54) is 0 Å². The maximum absolute atomic E-state index is 10.5. The molecule has 0 N–H and O–H groups in total. The van der Waals surface area contributed by atoms with Crippen LogP contribution in [0.1, 0.15) is 12.0 Å². The summed E-state index contributed by atoms with van der Waals surface area (Å²) >= 11 is 17.2. The largest absolute Gasteiger partial charge is 0.265 e. The predicted molar refractivity (Wildman–Crippen MR) is 70.4 cm³/mol.